The fourth-order valence-electron chi connectivity index (χ4n) is 0.996. The highest BCUT2D eigenvalue weighted by Gasteiger charge is 2.57. The quantitative estimate of drug-likeness (QED) is 0.265. The summed E-state index contributed by atoms with van der Waals surface area (Å²) < 4.78 is 0. The number of hydrogen-bond donors (Lipinski definition) is 0. The van der Waals surface area contributed by atoms with Crippen molar-refractivity contribution in [2.75, 3.05) is 0 Å². The molecule has 0 aromatic rings. The lowest BCUT2D eigenvalue weighted by molar-refractivity contribution is -0.772. The first-order valence-corrected chi connectivity index (χ1v) is 4.19. The predicted octanol–water partition coefficient (Wildman–Crippen LogP) is 0.926. The van der Waals surface area contributed by atoms with Crippen molar-refractivity contribution in [1.82, 2.24) is 0 Å². The Balaban J connectivity index is 4.60. The summed E-state index contributed by atoms with van der Waals surface area (Å²) in [6.45, 7) is 1.85. The molecule has 0 heterocycles. The highest BCUT2D eigenvalue weighted by molar-refractivity contribution is 5.59. The van der Waals surface area contributed by atoms with Crippen molar-refractivity contribution in [3.05, 3.63) is 20.2 Å². The maximum atomic E-state index is 10.4. The molecule has 0 rings (SSSR count). The van der Waals surface area contributed by atoms with Gasteiger partial charge in [0.1, 0.15) is 9.85 Å². The lowest BCUT2D eigenvalue weighted by Crippen LogP contribution is -2.47. The van der Waals surface area contributed by atoms with Crippen LogP contribution in [-0.4, -0.2) is 21.8 Å². The highest BCUT2D eigenvalue weighted by atomic mass is 16.7. The van der Waals surface area contributed by atoms with Gasteiger partial charge in [0.25, 0.3) is 0 Å². The van der Waals surface area contributed by atoms with Crippen molar-refractivity contribution < 1.29 is 14.6 Å². The Labute approximate surface area is 80.4 Å². The first-order valence-electron chi connectivity index (χ1n) is 4.19. The molecule has 1 radical (unpaired) electrons. The number of nitrogens with zero attached hydrogens (tertiary/aromatic N) is 2. The van der Waals surface area contributed by atoms with Gasteiger partial charge in [-0.15, -0.1) is 0 Å². The van der Waals surface area contributed by atoms with Crippen molar-refractivity contribution in [3.8, 4) is 0 Å². The lowest BCUT2D eigenvalue weighted by atomic mass is 10.0. The second-order valence-electron chi connectivity index (χ2n) is 2.89. The highest BCUT2D eigenvalue weighted by Crippen LogP contribution is 2.17. The number of nitro groups is 2. The molecule has 0 aliphatic carbocycles. The molecule has 0 bridgehead atoms. The van der Waals surface area contributed by atoms with Gasteiger partial charge in [-0.3, -0.25) is 25.0 Å². The Kier molecular flexibility index (Phi) is 4.68. The number of rotatable bonds is 7. The molecule has 0 amide bonds. The second-order valence-corrected chi connectivity index (χ2v) is 2.89. The topological polar surface area (TPSA) is 103 Å². The smallest absolute Gasteiger partial charge is 0.273 e. The number of hydrogen-bond acceptors (Lipinski definition) is 5. The minimum Gasteiger partial charge on any atom is -0.273 e. The fourth-order valence-corrected chi connectivity index (χ4v) is 0.996. The minimum atomic E-state index is -2.77. The van der Waals surface area contributed by atoms with Gasteiger partial charge >= 0.3 is 11.9 Å². The van der Waals surface area contributed by atoms with Gasteiger partial charge in [-0.2, -0.15) is 0 Å². The van der Waals surface area contributed by atoms with E-state index in [0.717, 1.165) is 12.7 Å². The largest absolute Gasteiger partial charge is 0.523 e. The van der Waals surface area contributed by atoms with Crippen LogP contribution in [0.4, 0.5) is 0 Å². The van der Waals surface area contributed by atoms with Gasteiger partial charge in [0.15, 0.2) is 0 Å². The molecule has 0 fully saturated rings. The molecular weight excluding hydrogens is 192 g/mol. The normalized spacial score (nSPS) is 10.9. The van der Waals surface area contributed by atoms with Gasteiger partial charge in [0.2, 0.25) is 0 Å². The standard InChI is InChI=1S/C7H11N2O5/c1-2-3-4-5-7(6-10,8(11)12)9(13)14/h2-5H2,1H3. The van der Waals surface area contributed by atoms with E-state index >= 15 is 0 Å². The van der Waals surface area contributed by atoms with Crippen LogP contribution < -0.4 is 0 Å². The van der Waals surface area contributed by atoms with E-state index in [9.17, 15) is 25.0 Å². The van der Waals surface area contributed by atoms with Crippen LogP contribution in [0.2, 0.25) is 0 Å². The third-order valence-electron chi connectivity index (χ3n) is 1.90. The molecule has 0 aliphatic heterocycles. The van der Waals surface area contributed by atoms with Gasteiger partial charge in [0.05, 0.1) is 6.42 Å². The van der Waals surface area contributed by atoms with Crippen LogP contribution in [0.1, 0.15) is 32.6 Å². The summed E-state index contributed by atoms with van der Waals surface area (Å²) in [4.78, 5) is 28.7. The molecule has 0 N–H and O–H groups in total. The first kappa shape index (κ1) is 12.5. The van der Waals surface area contributed by atoms with Crippen LogP contribution in [-0.2, 0) is 4.79 Å². The van der Waals surface area contributed by atoms with Crippen LogP contribution in [0.15, 0.2) is 0 Å². The molecule has 0 atom stereocenters. The maximum absolute atomic E-state index is 10.4. The van der Waals surface area contributed by atoms with E-state index in [4.69, 9.17) is 0 Å². The second kappa shape index (κ2) is 5.25. The molecule has 79 valence electrons. The van der Waals surface area contributed by atoms with Gasteiger partial charge in [-0.25, -0.2) is 0 Å². The van der Waals surface area contributed by atoms with Gasteiger partial charge in [-0.05, 0) is 6.42 Å². The van der Waals surface area contributed by atoms with E-state index in [1.54, 1.807) is 0 Å². The van der Waals surface area contributed by atoms with Crippen molar-refractivity contribution in [2.24, 2.45) is 0 Å². The third-order valence-corrected chi connectivity index (χ3v) is 1.90. The van der Waals surface area contributed by atoms with E-state index in [-0.39, 0.29) is 6.42 Å². The monoisotopic (exact) mass is 203 g/mol. The Morgan fingerprint density at radius 3 is 2.00 bits per heavy atom. The molecule has 0 saturated heterocycles. The molecule has 0 aliphatic rings. The van der Waals surface area contributed by atoms with E-state index in [2.05, 4.69) is 0 Å². The SMILES string of the molecule is CCCCCC([C]=O)([N+](=O)[O-])[N+](=O)[O-]. The number of unbranched alkanes of at least 4 members (excludes halogenated alkanes) is 2. The summed E-state index contributed by atoms with van der Waals surface area (Å²) in [6.07, 6.45) is 2.18. The summed E-state index contributed by atoms with van der Waals surface area (Å²) in [5.41, 5.74) is -2.77. The zero-order valence-corrected chi connectivity index (χ0v) is 7.76. The molecule has 0 saturated carbocycles. The van der Waals surface area contributed by atoms with E-state index in [1.165, 1.54) is 0 Å². The van der Waals surface area contributed by atoms with Crippen LogP contribution in [0, 0.1) is 20.2 Å². The summed E-state index contributed by atoms with van der Waals surface area (Å²) >= 11 is 0. The summed E-state index contributed by atoms with van der Waals surface area (Å²) in [5.74, 6) is 0. The molecule has 7 nitrogen and oxygen atoms in total. The summed E-state index contributed by atoms with van der Waals surface area (Å²) in [7, 11) is 0. The van der Waals surface area contributed by atoms with Crippen LogP contribution in [0.25, 0.3) is 0 Å². The average Bonchev–Trinajstić information content (AvgIpc) is 2.11. The average molecular weight is 203 g/mol. The molecule has 0 unspecified atom stereocenters. The predicted molar refractivity (Wildman–Crippen MR) is 46.6 cm³/mol. The summed E-state index contributed by atoms with van der Waals surface area (Å²) in [5, 5.41) is 20.8. The van der Waals surface area contributed by atoms with Crippen molar-refractivity contribution in [3.63, 3.8) is 0 Å². The Bertz CT molecular complexity index is 226. The van der Waals surface area contributed by atoms with Crippen LogP contribution in [0.3, 0.4) is 0 Å². The Morgan fingerprint density at radius 2 is 1.71 bits per heavy atom. The molecular formula is C7H11N2O5. The van der Waals surface area contributed by atoms with Crippen molar-refractivity contribution in [2.45, 2.75) is 38.3 Å². The molecule has 0 aromatic carbocycles. The van der Waals surface area contributed by atoms with Crippen molar-refractivity contribution in [1.29, 1.82) is 0 Å². The molecule has 14 heavy (non-hydrogen) atoms. The van der Waals surface area contributed by atoms with Crippen LogP contribution >= 0.6 is 0 Å². The van der Waals surface area contributed by atoms with Gasteiger partial charge in [0, 0.05) is 0 Å². The van der Waals surface area contributed by atoms with Gasteiger partial charge < -0.3 is 0 Å². The zero-order chi connectivity index (χ0) is 11.2. The molecule has 0 spiro atoms. The first-order chi connectivity index (χ1) is 6.51. The van der Waals surface area contributed by atoms with Crippen molar-refractivity contribution >= 4 is 6.29 Å². The fraction of sp³-hybridized carbons (Fsp3) is 0.857. The number of carbonyl (C=O) groups excluding carboxylic acids is 1. The summed E-state index contributed by atoms with van der Waals surface area (Å²) in [6, 6.07) is 0. The molecule has 0 aromatic heterocycles. The van der Waals surface area contributed by atoms with E-state index in [0.29, 0.717) is 6.42 Å². The minimum absolute atomic E-state index is 0.272. The maximum Gasteiger partial charge on any atom is 0.523 e. The Morgan fingerprint density at radius 1 is 1.21 bits per heavy atom. The molecule has 7 heteroatoms. The van der Waals surface area contributed by atoms with E-state index in [1.807, 2.05) is 6.92 Å². The third kappa shape index (κ3) is 2.48. The van der Waals surface area contributed by atoms with Crippen LogP contribution in [0.5, 0.6) is 0 Å². The Hall–Kier alpha value is -1.53. The lowest BCUT2D eigenvalue weighted by Gasteiger charge is -2.09. The van der Waals surface area contributed by atoms with Gasteiger partial charge in [-0.1, -0.05) is 19.8 Å². The van der Waals surface area contributed by atoms with E-state index < -0.39 is 21.9 Å². The zero-order valence-electron chi connectivity index (χ0n) is 7.76.